The predicted octanol–water partition coefficient (Wildman–Crippen LogP) is 11.0. The summed E-state index contributed by atoms with van der Waals surface area (Å²) in [6.07, 6.45) is 0. The van der Waals surface area contributed by atoms with Gasteiger partial charge >= 0.3 is 0 Å². The number of benzene rings is 6. The number of hydrogen-bond donors (Lipinski definition) is 0. The fourth-order valence-corrected chi connectivity index (χ4v) is 7.39. The first-order valence-electron chi connectivity index (χ1n) is 12.8. The van der Waals surface area contributed by atoms with E-state index in [1.165, 1.54) is 64.1 Å². The molecule has 1 aliphatic rings. The van der Waals surface area contributed by atoms with Crippen LogP contribution in [0, 0.1) is 0 Å². The van der Waals surface area contributed by atoms with Gasteiger partial charge < -0.3 is 0 Å². The summed E-state index contributed by atoms with van der Waals surface area (Å²) < 4.78 is 0. The summed E-state index contributed by atoms with van der Waals surface area (Å²) in [4.78, 5) is 5.08. The SMILES string of the molecule is c1ccc(-c2ccc3c(c2)-c2ccccc2Sc2ccccc2-c2c(cccc2-c2ccccc2)S3)cc1. The minimum absolute atomic E-state index is 1.24. The van der Waals surface area contributed by atoms with E-state index >= 15 is 0 Å². The van der Waals surface area contributed by atoms with Crippen molar-refractivity contribution < 1.29 is 0 Å². The number of hydrogen-bond acceptors (Lipinski definition) is 2. The highest BCUT2D eigenvalue weighted by Gasteiger charge is 2.21. The van der Waals surface area contributed by atoms with E-state index in [0.29, 0.717) is 0 Å². The molecule has 0 nitrogen and oxygen atoms in total. The minimum atomic E-state index is 1.24. The Balaban J connectivity index is 1.51. The van der Waals surface area contributed by atoms with Gasteiger partial charge in [0, 0.05) is 25.1 Å². The number of fused-ring (bicyclic) bond motifs is 6. The molecule has 0 aliphatic carbocycles. The van der Waals surface area contributed by atoms with Crippen LogP contribution < -0.4 is 0 Å². The van der Waals surface area contributed by atoms with Crippen LogP contribution in [0.15, 0.2) is 165 Å². The average molecular weight is 521 g/mol. The Morgan fingerprint density at radius 3 is 1.58 bits per heavy atom. The van der Waals surface area contributed by atoms with E-state index in [9.17, 15) is 0 Å². The lowest BCUT2D eigenvalue weighted by Crippen LogP contribution is -1.95. The maximum Gasteiger partial charge on any atom is 0.0207 e. The largest absolute Gasteiger partial charge is 0.0888 e. The maximum atomic E-state index is 2.37. The smallest absolute Gasteiger partial charge is 0.0207 e. The molecule has 0 radical (unpaired) electrons. The molecule has 0 bridgehead atoms. The predicted molar refractivity (Wildman–Crippen MR) is 163 cm³/mol. The van der Waals surface area contributed by atoms with E-state index in [1.807, 2.05) is 23.5 Å². The van der Waals surface area contributed by atoms with Gasteiger partial charge in [0.1, 0.15) is 0 Å². The van der Waals surface area contributed by atoms with Crippen LogP contribution in [0.5, 0.6) is 0 Å². The lowest BCUT2D eigenvalue weighted by atomic mass is 9.94. The van der Waals surface area contributed by atoms with Gasteiger partial charge in [-0.3, -0.25) is 0 Å². The first-order valence-corrected chi connectivity index (χ1v) is 14.4. The third kappa shape index (κ3) is 4.26. The molecule has 0 atom stereocenters. The summed E-state index contributed by atoms with van der Waals surface area (Å²) >= 11 is 3.73. The van der Waals surface area contributed by atoms with Crippen molar-refractivity contribution in [3.8, 4) is 44.5 Å². The molecule has 0 unspecified atom stereocenters. The van der Waals surface area contributed by atoms with Gasteiger partial charge in [0.05, 0.1) is 0 Å². The van der Waals surface area contributed by atoms with Gasteiger partial charge in [-0.2, -0.15) is 0 Å². The van der Waals surface area contributed by atoms with Crippen molar-refractivity contribution in [3.05, 3.63) is 146 Å². The Morgan fingerprint density at radius 1 is 0.289 bits per heavy atom. The summed E-state index contributed by atoms with van der Waals surface area (Å²) in [5.74, 6) is 0. The first-order chi connectivity index (χ1) is 18.8. The third-order valence-corrected chi connectivity index (χ3v) is 9.26. The molecule has 0 spiro atoms. The van der Waals surface area contributed by atoms with E-state index in [-0.39, 0.29) is 0 Å². The minimum Gasteiger partial charge on any atom is -0.0888 e. The quantitative estimate of drug-likeness (QED) is 0.222. The third-order valence-electron chi connectivity index (χ3n) is 6.97. The molecule has 0 fully saturated rings. The van der Waals surface area contributed by atoms with E-state index in [0.717, 1.165) is 0 Å². The lowest BCUT2D eigenvalue weighted by Gasteiger charge is -2.22. The van der Waals surface area contributed by atoms with Gasteiger partial charge in [0.2, 0.25) is 0 Å². The maximum absolute atomic E-state index is 2.37. The molecule has 0 saturated carbocycles. The Bertz CT molecular complexity index is 1750. The molecule has 6 aromatic rings. The second kappa shape index (κ2) is 10.1. The van der Waals surface area contributed by atoms with Crippen LogP contribution in [0.3, 0.4) is 0 Å². The normalized spacial score (nSPS) is 12.0. The fraction of sp³-hybridized carbons (Fsp3) is 0. The van der Waals surface area contributed by atoms with Gasteiger partial charge in [0.15, 0.2) is 0 Å². The topological polar surface area (TPSA) is 0 Å². The van der Waals surface area contributed by atoms with Gasteiger partial charge in [-0.1, -0.05) is 139 Å². The Labute approximate surface area is 232 Å². The van der Waals surface area contributed by atoms with Crippen LogP contribution in [0.1, 0.15) is 0 Å². The molecule has 6 aromatic carbocycles. The summed E-state index contributed by atoms with van der Waals surface area (Å²) in [6, 6.07) is 52.8. The fourth-order valence-electron chi connectivity index (χ4n) is 5.17. The van der Waals surface area contributed by atoms with Crippen LogP contribution in [0.25, 0.3) is 44.5 Å². The first kappa shape index (κ1) is 23.2. The van der Waals surface area contributed by atoms with Crippen molar-refractivity contribution in [3.63, 3.8) is 0 Å². The molecular formula is C36H24S2. The van der Waals surface area contributed by atoms with E-state index in [1.54, 1.807) is 0 Å². The summed E-state index contributed by atoms with van der Waals surface area (Å²) in [5, 5.41) is 0. The molecule has 0 aromatic heterocycles. The average Bonchev–Trinajstić information content (AvgIpc) is 2.99. The second-order valence-electron chi connectivity index (χ2n) is 9.32. The molecule has 0 amide bonds. The summed E-state index contributed by atoms with van der Waals surface area (Å²) in [7, 11) is 0. The van der Waals surface area contributed by atoms with Crippen LogP contribution in [-0.2, 0) is 0 Å². The monoisotopic (exact) mass is 520 g/mol. The summed E-state index contributed by atoms with van der Waals surface area (Å²) in [6.45, 7) is 0. The highest BCUT2D eigenvalue weighted by atomic mass is 32.2. The molecular weight excluding hydrogens is 497 g/mol. The number of rotatable bonds is 2. The molecule has 2 heteroatoms. The Hall–Kier alpha value is -3.98. The van der Waals surface area contributed by atoms with Crippen LogP contribution in [0.2, 0.25) is 0 Å². The van der Waals surface area contributed by atoms with Crippen molar-refractivity contribution in [2.75, 3.05) is 0 Å². The Kier molecular flexibility index (Phi) is 6.13. The second-order valence-corrected chi connectivity index (χ2v) is 11.5. The molecule has 0 saturated heterocycles. The van der Waals surface area contributed by atoms with Crippen molar-refractivity contribution >= 4 is 23.5 Å². The van der Waals surface area contributed by atoms with Crippen molar-refractivity contribution in [1.29, 1.82) is 0 Å². The zero-order valence-electron chi connectivity index (χ0n) is 20.7. The van der Waals surface area contributed by atoms with Gasteiger partial charge in [0.25, 0.3) is 0 Å². The Morgan fingerprint density at radius 2 is 0.816 bits per heavy atom. The molecule has 38 heavy (non-hydrogen) atoms. The van der Waals surface area contributed by atoms with Gasteiger partial charge in [-0.15, -0.1) is 0 Å². The molecule has 180 valence electrons. The van der Waals surface area contributed by atoms with Crippen LogP contribution >= 0.6 is 23.5 Å². The van der Waals surface area contributed by atoms with Crippen molar-refractivity contribution in [2.45, 2.75) is 19.6 Å². The molecule has 0 N–H and O–H groups in total. The zero-order chi connectivity index (χ0) is 25.3. The molecule has 1 aliphatic heterocycles. The molecule has 1 heterocycles. The summed E-state index contributed by atoms with van der Waals surface area (Å²) in [5.41, 5.74) is 10.1. The zero-order valence-corrected chi connectivity index (χ0v) is 22.3. The standard InChI is InChI=1S/C36H24S2/c1-3-12-25(13-4-1)27-22-23-34-31(24-27)29-16-7-9-19-32(29)37-33-20-10-8-17-30(33)36-28(18-11-21-35(36)38-34)26-14-5-2-6-15-26/h1-24H. The van der Waals surface area contributed by atoms with E-state index in [2.05, 4.69) is 146 Å². The van der Waals surface area contributed by atoms with E-state index < -0.39 is 0 Å². The highest BCUT2D eigenvalue weighted by Crippen LogP contribution is 2.51. The van der Waals surface area contributed by atoms with Gasteiger partial charge in [-0.05, 0) is 69.3 Å². The van der Waals surface area contributed by atoms with Gasteiger partial charge in [-0.25, -0.2) is 0 Å². The highest BCUT2D eigenvalue weighted by molar-refractivity contribution is 8.00. The molecule has 7 rings (SSSR count). The van der Waals surface area contributed by atoms with Crippen LogP contribution in [0.4, 0.5) is 0 Å². The van der Waals surface area contributed by atoms with Crippen LogP contribution in [-0.4, -0.2) is 0 Å². The lowest BCUT2D eigenvalue weighted by molar-refractivity contribution is 1.32. The van der Waals surface area contributed by atoms with Crippen molar-refractivity contribution in [1.82, 2.24) is 0 Å². The van der Waals surface area contributed by atoms with Crippen molar-refractivity contribution in [2.24, 2.45) is 0 Å². The van der Waals surface area contributed by atoms with E-state index in [4.69, 9.17) is 0 Å².